The van der Waals surface area contributed by atoms with Gasteiger partial charge < -0.3 is 14.7 Å². The van der Waals surface area contributed by atoms with Crippen molar-refractivity contribution in [1.82, 2.24) is 0 Å². The molecule has 2 aromatic carbocycles. The van der Waals surface area contributed by atoms with Gasteiger partial charge in [-0.25, -0.2) is 4.79 Å². The second kappa shape index (κ2) is 8.15. The fourth-order valence-corrected chi connectivity index (χ4v) is 3.72. The zero-order valence-electron chi connectivity index (χ0n) is 17.4. The third-order valence-electron chi connectivity index (χ3n) is 4.85. The lowest BCUT2D eigenvalue weighted by Gasteiger charge is -2.38. The Hall–Kier alpha value is -3.02. The first kappa shape index (κ1) is 20.7. The molecule has 0 spiro atoms. The first-order chi connectivity index (χ1) is 13.6. The van der Waals surface area contributed by atoms with Gasteiger partial charge in [0.25, 0.3) is 0 Å². The number of carbonyl (C=O) groups is 2. The number of benzene rings is 2. The molecule has 0 saturated carbocycles. The van der Waals surface area contributed by atoms with Crippen LogP contribution in [0.15, 0.2) is 48.5 Å². The van der Waals surface area contributed by atoms with Crippen molar-refractivity contribution < 1.29 is 19.4 Å². The van der Waals surface area contributed by atoms with E-state index in [1.54, 1.807) is 19.1 Å². The van der Waals surface area contributed by atoms with Gasteiger partial charge in [-0.3, -0.25) is 9.69 Å². The summed E-state index contributed by atoms with van der Waals surface area (Å²) < 4.78 is 6.06. The minimum absolute atomic E-state index is 0.0829. The number of carbonyl (C=O) groups excluding carboxylic acids is 1. The molecule has 0 radical (unpaired) electrons. The number of fused-ring (bicyclic) bond motifs is 1. The van der Waals surface area contributed by atoms with Gasteiger partial charge in [-0.15, -0.1) is 0 Å². The molecule has 154 valence electrons. The highest BCUT2D eigenvalue weighted by Gasteiger charge is 2.31. The average Bonchev–Trinajstić information content (AvgIpc) is 2.61. The zero-order chi connectivity index (χ0) is 21.2. The maximum atomic E-state index is 11.9. The number of nitrogens with zero attached hydrogens (tertiary/aromatic N) is 2. The molecule has 1 N–H and O–H groups in total. The molecule has 0 aromatic heterocycles. The highest BCUT2D eigenvalue weighted by Crippen LogP contribution is 2.39. The van der Waals surface area contributed by atoms with E-state index >= 15 is 0 Å². The third kappa shape index (κ3) is 4.88. The Balaban J connectivity index is 2.00. The smallest absolute Gasteiger partial charge is 0.412 e. The van der Waals surface area contributed by atoms with Crippen LogP contribution in [-0.4, -0.2) is 35.2 Å². The van der Waals surface area contributed by atoms with E-state index in [9.17, 15) is 14.7 Å². The molecule has 0 saturated heterocycles. The maximum Gasteiger partial charge on any atom is 0.412 e. The quantitative estimate of drug-likeness (QED) is 0.792. The predicted molar refractivity (Wildman–Crippen MR) is 114 cm³/mol. The highest BCUT2D eigenvalue weighted by atomic mass is 16.5. The van der Waals surface area contributed by atoms with E-state index in [2.05, 4.69) is 17.0 Å². The summed E-state index contributed by atoms with van der Waals surface area (Å²) in [5, 5.41) is 9.75. The van der Waals surface area contributed by atoms with Crippen LogP contribution in [0.1, 0.15) is 39.7 Å². The van der Waals surface area contributed by atoms with Gasteiger partial charge in [0.2, 0.25) is 0 Å². The van der Waals surface area contributed by atoms with E-state index in [0.717, 1.165) is 11.3 Å². The van der Waals surface area contributed by atoms with E-state index in [-0.39, 0.29) is 11.9 Å². The van der Waals surface area contributed by atoms with Crippen molar-refractivity contribution in [2.75, 3.05) is 16.3 Å². The van der Waals surface area contributed by atoms with Gasteiger partial charge in [0.1, 0.15) is 17.6 Å². The van der Waals surface area contributed by atoms with Crippen LogP contribution in [0.25, 0.3) is 0 Å². The molecule has 1 aliphatic rings. The van der Waals surface area contributed by atoms with Crippen LogP contribution >= 0.6 is 0 Å². The van der Waals surface area contributed by atoms with Crippen molar-refractivity contribution in [3.63, 3.8) is 0 Å². The number of rotatable bonds is 5. The molecule has 6 heteroatoms. The van der Waals surface area contributed by atoms with Crippen molar-refractivity contribution in [2.45, 2.75) is 52.3 Å². The molecule has 1 heterocycles. The molecule has 0 fully saturated rings. The number of ether oxygens (including phenoxy) is 1. The van der Waals surface area contributed by atoms with Crippen LogP contribution in [0.4, 0.5) is 16.2 Å². The molecule has 0 unspecified atom stereocenters. The number of Topliss-reactive ketones (excluding diaryl/α,β-unsaturated/α-hetero) is 1. The van der Waals surface area contributed by atoms with Gasteiger partial charge in [0.05, 0.1) is 12.2 Å². The number of hydrogen-bond donors (Lipinski definition) is 1. The van der Waals surface area contributed by atoms with Crippen LogP contribution in [0, 0.1) is 0 Å². The van der Waals surface area contributed by atoms with Gasteiger partial charge in [-0.05, 0) is 51.5 Å². The molecule has 2 aromatic rings. The highest BCUT2D eigenvalue weighted by molar-refractivity contribution is 5.89. The molecule has 1 amide bonds. The second-order valence-electron chi connectivity index (χ2n) is 8.45. The normalized spacial score (nSPS) is 16.0. The lowest BCUT2D eigenvalue weighted by Crippen LogP contribution is -2.45. The third-order valence-corrected chi connectivity index (χ3v) is 4.85. The van der Waals surface area contributed by atoms with Gasteiger partial charge in [0, 0.05) is 24.2 Å². The van der Waals surface area contributed by atoms with Crippen LogP contribution < -0.4 is 14.5 Å². The first-order valence-electron chi connectivity index (χ1n) is 9.77. The van der Waals surface area contributed by atoms with Crippen LogP contribution in [0.2, 0.25) is 0 Å². The Bertz CT molecular complexity index is 889. The van der Waals surface area contributed by atoms with E-state index < -0.39 is 11.6 Å². The summed E-state index contributed by atoms with van der Waals surface area (Å²) in [6.07, 6.45) is -0.888. The molecule has 29 heavy (non-hydrogen) atoms. The molecule has 3 rings (SSSR count). The molecular formula is C23H28N2O4. The van der Waals surface area contributed by atoms with Crippen molar-refractivity contribution in [3.8, 4) is 5.75 Å². The maximum absolute atomic E-state index is 11.9. The molecule has 1 atom stereocenters. The number of amides is 1. The summed E-state index contributed by atoms with van der Waals surface area (Å²) >= 11 is 0. The van der Waals surface area contributed by atoms with Crippen molar-refractivity contribution >= 4 is 23.3 Å². The number of anilines is 2. The summed E-state index contributed by atoms with van der Waals surface area (Å²) in [4.78, 5) is 27.1. The SMILES string of the molecule is CC(=O)C[C@H]1CN(Cc2ccccc2)c2cc(N(C(=O)O)C(C)(C)C)ccc2O1. The Morgan fingerprint density at radius 2 is 1.86 bits per heavy atom. The van der Waals surface area contributed by atoms with E-state index in [4.69, 9.17) is 4.74 Å². The largest absolute Gasteiger partial charge is 0.486 e. The Morgan fingerprint density at radius 3 is 2.45 bits per heavy atom. The minimum Gasteiger partial charge on any atom is -0.486 e. The summed E-state index contributed by atoms with van der Waals surface area (Å²) in [5.74, 6) is 0.751. The molecule has 6 nitrogen and oxygen atoms in total. The Kier molecular flexibility index (Phi) is 5.82. The zero-order valence-corrected chi connectivity index (χ0v) is 17.4. The van der Waals surface area contributed by atoms with Gasteiger partial charge in [0.15, 0.2) is 0 Å². The number of hydrogen-bond acceptors (Lipinski definition) is 4. The van der Waals surface area contributed by atoms with Gasteiger partial charge >= 0.3 is 6.09 Å². The fourth-order valence-electron chi connectivity index (χ4n) is 3.72. The standard InChI is InChI=1S/C23H28N2O4/c1-16(26)12-19-15-24(14-17-8-6-5-7-9-17)20-13-18(10-11-21(20)29-19)25(22(27)28)23(2,3)4/h5-11,13,19H,12,14-15H2,1-4H3,(H,27,28)/t19-/m0/s1. The molecule has 0 aliphatic carbocycles. The lowest BCUT2D eigenvalue weighted by molar-refractivity contribution is -0.118. The summed E-state index contributed by atoms with van der Waals surface area (Å²) in [5.41, 5.74) is 1.98. The average molecular weight is 396 g/mol. The minimum atomic E-state index is -1.00. The summed E-state index contributed by atoms with van der Waals surface area (Å²) in [7, 11) is 0. The molecular weight excluding hydrogens is 368 g/mol. The second-order valence-corrected chi connectivity index (χ2v) is 8.45. The van der Waals surface area contributed by atoms with Gasteiger partial charge in [-0.1, -0.05) is 30.3 Å². The van der Waals surface area contributed by atoms with E-state index in [1.807, 2.05) is 45.0 Å². The molecule has 1 aliphatic heterocycles. The van der Waals surface area contributed by atoms with Gasteiger partial charge in [-0.2, -0.15) is 0 Å². The van der Waals surface area contributed by atoms with Crippen molar-refractivity contribution in [3.05, 3.63) is 54.1 Å². The fraction of sp³-hybridized carbons (Fsp3) is 0.391. The van der Waals surface area contributed by atoms with Crippen molar-refractivity contribution in [2.24, 2.45) is 0 Å². The topological polar surface area (TPSA) is 70.1 Å². The Labute approximate surface area is 171 Å². The summed E-state index contributed by atoms with van der Waals surface area (Å²) in [6, 6.07) is 15.5. The number of ketones is 1. The lowest BCUT2D eigenvalue weighted by atomic mass is 10.0. The van der Waals surface area contributed by atoms with Crippen molar-refractivity contribution in [1.29, 1.82) is 0 Å². The summed E-state index contributed by atoms with van der Waals surface area (Å²) in [6.45, 7) is 8.37. The molecule has 0 bridgehead atoms. The monoisotopic (exact) mass is 396 g/mol. The predicted octanol–water partition coefficient (Wildman–Crippen LogP) is 4.72. The van der Waals surface area contributed by atoms with E-state index in [1.165, 1.54) is 4.90 Å². The number of carboxylic acid groups (broad SMARTS) is 1. The Morgan fingerprint density at radius 1 is 1.17 bits per heavy atom. The van der Waals surface area contributed by atoms with E-state index in [0.29, 0.717) is 30.9 Å². The first-order valence-corrected chi connectivity index (χ1v) is 9.77. The van der Waals surface area contributed by atoms with Crippen LogP contribution in [-0.2, 0) is 11.3 Å². The van der Waals surface area contributed by atoms with Crippen LogP contribution in [0.3, 0.4) is 0 Å². The van der Waals surface area contributed by atoms with Crippen LogP contribution in [0.5, 0.6) is 5.75 Å².